The molecule has 0 saturated carbocycles. The van der Waals surface area contributed by atoms with Crippen LogP contribution in [0.25, 0.3) is 11.3 Å². The zero-order valence-corrected chi connectivity index (χ0v) is 13.2. The van der Waals surface area contributed by atoms with Gasteiger partial charge < -0.3 is 14.5 Å². The Morgan fingerprint density at radius 3 is 3.05 bits per heavy atom. The quantitative estimate of drug-likeness (QED) is 0.626. The zero-order chi connectivity index (χ0) is 13.7. The third-order valence-electron chi connectivity index (χ3n) is 2.85. The first-order chi connectivity index (χ1) is 9.24. The van der Waals surface area contributed by atoms with Crippen molar-refractivity contribution in [3.05, 3.63) is 39.4 Å². The molecule has 102 valence electrons. The number of nitrogens with one attached hydrogen (secondary N) is 1. The molecule has 0 aliphatic heterocycles. The van der Waals surface area contributed by atoms with Gasteiger partial charge in [0.15, 0.2) is 12.2 Å². The van der Waals surface area contributed by atoms with Crippen molar-refractivity contribution in [3.63, 3.8) is 0 Å². The lowest BCUT2D eigenvalue weighted by Crippen LogP contribution is -2.19. The van der Waals surface area contributed by atoms with E-state index in [-0.39, 0.29) is 0 Å². The lowest BCUT2D eigenvalue weighted by molar-refractivity contribution is 0.199. The van der Waals surface area contributed by atoms with Crippen molar-refractivity contribution in [2.45, 2.75) is 13.5 Å². The number of hydrogen-bond acceptors (Lipinski definition) is 4. The number of hydrogen-bond donors (Lipinski definition) is 1. The number of halogens is 1. The molecule has 1 heterocycles. The van der Waals surface area contributed by atoms with Crippen molar-refractivity contribution >= 4 is 22.6 Å². The molecular weight excluding hydrogens is 355 g/mol. The second kappa shape index (κ2) is 7.02. The number of oxazole rings is 1. The van der Waals surface area contributed by atoms with E-state index in [9.17, 15) is 0 Å². The fourth-order valence-corrected chi connectivity index (χ4v) is 2.42. The van der Waals surface area contributed by atoms with Gasteiger partial charge in [0.25, 0.3) is 0 Å². The van der Waals surface area contributed by atoms with Gasteiger partial charge in [-0.1, -0.05) is 18.2 Å². The maximum atomic E-state index is 5.56. The molecule has 0 atom stereocenters. The topological polar surface area (TPSA) is 47.3 Å². The Morgan fingerprint density at radius 1 is 1.42 bits per heavy atom. The Balaban J connectivity index is 2.17. The van der Waals surface area contributed by atoms with Gasteiger partial charge in [0.05, 0.1) is 6.61 Å². The SMILES string of the molecule is COCCNCc1ncoc1-c1cccc(C)c1I. The number of rotatable bonds is 6. The minimum absolute atomic E-state index is 0.680. The number of aryl methyl sites for hydroxylation is 1. The number of ether oxygens (including phenoxy) is 1. The van der Waals surface area contributed by atoms with Crippen LogP contribution in [0.3, 0.4) is 0 Å². The summed E-state index contributed by atoms with van der Waals surface area (Å²) in [5, 5.41) is 3.28. The Labute approximate surface area is 126 Å². The van der Waals surface area contributed by atoms with E-state index in [1.54, 1.807) is 7.11 Å². The monoisotopic (exact) mass is 372 g/mol. The summed E-state index contributed by atoms with van der Waals surface area (Å²) in [4.78, 5) is 4.29. The molecule has 0 bridgehead atoms. The van der Waals surface area contributed by atoms with E-state index in [2.05, 4.69) is 51.9 Å². The molecule has 0 fully saturated rings. The third kappa shape index (κ3) is 3.55. The molecule has 2 aromatic rings. The minimum Gasteiger partial charge on any atom is -0.443 e. The Hall–Kier alpha value is -0.920. The average molecular weight is 372 g/mol. The lowest BCUT2D eigenvalue weighted by atomic mass is 10.1. The molecule has 0 aliphatic carbocycles. The summed E-state index contributed by atoms with van der Waals surface area (Å²) >= 11 is 2.35. The van der Waals surface area contributed by atoms with Gasteiger partial charge in [-0.05, 0) is 35.1 Å². The van der Waals surface area contributed by atoms with E-state index in [0.29, 0.717) is 13.2 Å². The van der Waals surface area contributed by atoms with Gasteiger partial charge >= 0.3 is 0 Å². The van der Waals surface area contributed by atoms with Gasteiger partial charge in [0.1, 0.15) is 5.69 Å². The summed E-state index contributed by atoms with van der Waals surface area (Å²) < 4.78 is 11.8. The molecule has 0 amide bonds. The van der Waals surface area contributed by atoms with E-state index in [1.807, 2.05) is 6.07 Å². The molecule has 0 spiro atoms. The van der Waals surface area contributed by atoms with Gasteiger partial charge in [-0.2, -0.15) is 0 Å². The number of benzene rings is 1. The molecular formula is C14H17IN2O2. The van der Waals surface area contributed by atoms with Gasteiger partial charge in [0, 0.05) is 29.3 Å². The van der Waals surface area contributed by atoms with Crippen molar-refractivity contribution < 1.29 is 9.15 Å². The highest BCUT2D eigenvalue weighted by Gasteiger charge is 2.14. The highest BCUT2D eigenvalue weighted by Crippen LogP contribution is 2.29. The van der Waals surface area contributed by atoms with Gasteiger partial charge in [-0.3, -0.25) is 0 Å². The van der Waals surface area contributed by atoms with E-state index >= 15 is 0 Å². The summed E-state index contributed by atoms with van der Waals surface area (Å²) in [7, 11) is 1.69. The van der Waals surface area contributed by atoms with Crippen molar-refractivity contribution in [2.24, 2.45) is 0 Å². The van der Waals surface area contributed by atoms with Crippen molar-refractivity contribution in [2.75, 3.05) is 20.3 Å². The van der Waals surface area contributed by atoms with Crippen molar-refractivity contribution in [1.29, 1.82) is 0 Å². The normalized spacial score (nSPS) is 10.9. The van der Waals surface area contributed by atoms with E-state index < -0.39 is 0 Å². The number of methoxy groups -OCH3 is 1. The van der Waals surface area contributed by atoms with Crippen LogP contribution in [0.15, 0.2) is 29.0 Å². The number of nitrogens with zero attached hydrogens (tertiary/aromatic N) is 1. The summed E-state index contributed by atoms with van der Waals surface area (Å²) in [5.41, 5.74) is 3.27. The van der Waals surface area contributed by atoms with Gasteiger partial charge in [-0.15, -0.1) is 0 Å². The first-order valence-corrected chi connectivity index (χ1v) is 7.19. The predicted molar refractivity (Wildman–Crippen MR) is 83.0 cm³/mol. The molecule has 0 radical (unpaired) electrons. The Morgan fingerprint density at radius 2 is 2.26 bits per heavy atom. The fourth-order valence-electron chi connectivity index (χ4n) is 1.82. The van der Waals surface area contributed by atoms with Crippen molar-refractivity contribution in [3.8, 4) is 11.3 Å². The molecule has 0 saturated heterocycles. The van der Waals surface area contributed by atoms with E-state index in [4.69, 9.17) is 9.15 Å². The maximum Gasteiger partial charge on any atom is 0.181 e. The van der Waals surface area contributed by atoms with Crippen LogP contribution in [-0.4, -0.2) is 25.2 Å². The van der Waals surface area contributed by atoms with E-state index in [0.717, 1.165) is 23.6 Å². The highest BCUT2D eigenvalue weighted by molar-refractivity contribution is 14.1. The van der Waals surface area contributed by atoms with Crippen LogP contribution in [0, 0.1) is 10.5 Å². The van der Waals surface area contributed by atoms with E-state index in [1.165, 1.54) is 15.5 Å². The predicted octanol–water partition coefficient (Wildman–Crippen LogP) is 2.99. The molecule has 4 nitrogen and oxygen atoms in total. The smallest absolute Gasteiger partial charge is 0.181 e. The summed E-state index contributed by atoms with van der Waals surface area (Å²) in [6.07, 6.45) is 1.50. The Kier molecular flexibility index (Phi) is 5.35. The molecule has 1 N–H and O–H groups in total. The summed E-state index contributed by atoms with van der Waals surface area (Å²) in [6.45, 7) is 4.26. The van der Waals surface area contributed by atoms with Crippen LogP contribution in [0.1, 0.15) is 11.3 Å². The second-order valence-electron chi connectivity index (χ2n) is 4.23. The van der Waals surface area contributed by atoms with Crippen LogP contribution >= 0.6 is 22.6 Å². The molecule has 2 rings (SSSR count). The molecule has 0 aliphatic rings. The van der Waals surface area contributed by atoms with Crippen LogP contribution < -0.4 is 5.32 Å². The second-order valence-corrected chi connectivity index (χ2v) is 5.31. The first-order valence-electron chi connectivity index (χ1n) is 6.11. The standard InChI is InChI=1S/C14H17IN2O2/c1-10-4-3-5-11(13(10)15)14-12(17-9-19-14)8-16-6-7-18-2/h3-5,9,16H,6-8H2,1-2H3. The zero-order valence-electron chi connectivity index (χ0n) is 11.1. The average Bonchev–Trinajstić information content (AvgIpc) is 2.86. The molecule has 5 heteroatoms. The molecule has 1 aromatic carbocycles. The minimum atomic E-state index is 0.680. The van der Waals surface area contributed by atoms with Gasteiger partial charge in [-0.25, -0.2) is 4.98 Å². The summed E-state index contributed by atoms with van der Waals surface area (Å²) in [5.74, 6) is 0.845. The molecule has 0 unspecified atom stereocenters. The van der Waals surface area contributed by atoms with Crippen LogP contribution in [0.4, 0.5) is 0 Å². The van der Waals surface area contributed by atoms with Crippen molar-refractivity contribution in [1.82, 2.24) is 10.3 Å². The molecule has 1 aromatic heterocycles. The summed E-state index contributed by atoms with van der Waals surface area (Å²) in [6, 6.07) is 6.20. The van der Waals surface area contributed by atoms with Gasteiger partial charge in [0.2, 0.25) is 0 Å². The lowest BCUT2D eigenvalue weighted by Gasteiger charge is -2.07. The highest BCUT2D eigenvalue weighted by atomic mass is 127. The largest absolute Gasteiger partial charge is 0.443 e. The molecule has 19 heavy (non-hydrogen) atoms. The van der Waals surface area contributed by atoms with Crippen LogP contribution in [-0.2, 0) is 11.3 Å². The number of aromatic nitrogens is 1. The maximum absolute atomic E-state index is 5.56. The van der Waals surface area contributed by atoms with Crippen LogP contribution in [0.5, 0.6) is 0 Å². The fraction of sp³-hybridized carbons (Fsp3) is 0.357. The Bertz CT molecular complexity index is 540. The third-order valence-corrected chi connectivity index (χ3v) is 4.28. The first kappa shape index (κ1) is 14.5. The van der Waals surface area contributed by atoms with Crippen LogP contribution in [0.2, 0.25) is 0 Å².